The molecule has 4 nitrogen and oxygen atoms in total. The Bertz CT molecular complexity index is 580. The van der Waals surface area contributed by atoms with Crippen LogP contribution in [0.25, 0.3) is 11.4 Å². The molecule has 0 fully saturated rings. The summed E-state index contributed by atoms with van der Waals surface area (Å²) in [4.78, 5) is 9.14. The van der Waals surface area contributed by atoms with E-state index < -0.39 is 0 Å². The Morgan fingerprint density at radius 1 is 1.26 bits per heavy atom. The third kappa shape index (κ3) is 2.31. The van der Waals surface area contributed by atoms with E-state index in [0.29, 0.717) is 6.04 Å². The molecule has 2 N–H and O–H groups in total. The lowest BCUT2D eigenvalue weighted by molar-refractivity contribution is 0.475. The number of aromatic hydroxyl groups is 1. The summed E-state index contributed by atoms with van der Waals surface area (Å²) >= 11 is 0. The lowest BCUT2D eigenvalue weighted by atomic mass is 9.92. The van der Waals surface area contributed by atoms with Gasteiger partial charge in [-0.25, -0.2) is 9.97 Å². The standard InChI is InChI=1S/C15H17N3O/c1-16-13-3-2-4-14-12(13)9-17-15(18-14)10-5-7-11(19)8-6-10/h5-9,13,16,19H,2-4H2,1H3. The maximum atomic E-state index is 9.31. The van der Waals surface area contributed by atoms with Gasteiger partial charge in [-0.1, -0.05) is 0 Å². The summed E-state index contributed by atoms with van der Waals surface area (Å²) in [6, 6.07) is 7.38. The summed E-state index contributed by atoms with van der Waals surface area (Å²) in [6.45, 7) is 0. The van der Waals surface area contributed by atoms with Crippen molar-refractivity contribution < 1.29 is 5.11 Å². The van der Waals surface area contributed by atoms with Crippen LogP contribution in [0.4, 0.5) is 0 Å². The number of nitrogens with zero attached hydrogens (tertiary/aromatic N) is 2. The van der Waals surface area contributed by atoms with Gasteiger partial charge in [-0.05, 0) is 50.6 Å². The Morgan fingerprint density at radius 3 is 2.79 bits per heavy atom. The molecule has 0 radical (unpaired) electrons. The molecule has 0 saturated carbocycles. The van der Waals surface area contributed by atoms with Gasteiger partial charge in [-0.3, -0.25) is 0 Å². The van der Waals surface area contributed by atoms with Crippen molar-refractivity contribution in [3.8, 4) is 17.1 Å². The molecule has 0 saturated heterocycles. The van der Waals surface area contributed by atoms with Crippen LogP contribution in [0.2, 0.25) is 0 Å². The first kappa shape index (κ1) is 12.1. The van der Waals surface area contributed by atoms with Gasteiger partial charge in [-0.15, -0.1) is 0 Å². The van der Waals surface area contributed by atoms with Gasteiger partial charge in [-0.2, -0.15) is 0 Å². The second kappa shape index (κ2) is 4.97. The van der Waals surface area contributed by atoms with Crippen molar-refractivity contribution in [3.63, 3.8) is 0 Å². The van der Waals surface area contributed by atoms with Crippen LogP contribution < -0.4 is 5.32 Å². The minimum Gasteiger partial charge on any atom is -0.508 e. The first-order chi connectivity index (χ1) is 9.28. The SMILES string of the molecule is CNC1CCCc2nc(-c3ccc(O)cc3)ncc21. The second-order valence-corrected chi connectivity index (χ2v) is 4.88. The van der Waals surface area contributed by atoms with Gasteiger partial charge in [0.25, 0.3) is 0 Å². The summed E-state index contributed by atoms with van der Waals surface area (Å²) in [5, 5.41) is 12.6. The van der Waals surface area contributed by atoms with Crippen molar-refractivity contribution in [1.29, 1.82) is 0 Å². The molecule has 1 aliphatic rings. The van der Waals surface area contributed by atoms with E-state index >= 15 is 0 Å². The minimum absolute atomic E-state index is 0.261. The maximum Gasteiger partial charge on any atom is 0.159 e. The molecule has 0 spiro atoms. The quantitative estimate of drug-likeness (QED) is 0.865. The van der Waals surface area contributed by atoms with E-state index in [4.69, 9.17) is 0 Å². The number of hydrogen-bond acceptors (Lipinski definition) is 4. The monoisotopic (exact) mass is 255 g/mol. The van der Waals surface area contributed by atoms with Crippen LogP contribution in [-0.2, 0) is 6.42 Å². The Morgan fingerprint density at radius 2 is 2.05 bits per heavy atom. The molecular weight excluding hydrogens is 238 g/mol. The van der Waals surface area contributed by atoms with E-state index in [1.807, 2.05) is 25.4 Å². The summed E-state index contributed by atoms with van der Waals surface area (Å²) in [7, 11) is 1.98. The van der Waals surface area contributed by atoms with Crippen LogP contribution in [0, 0.1) is 0 Å². The zero-order valence-electron chi connectivity index (χ0n) is 10.9. The number of aryl methyl sites for hydroxylation is 1. The van der Waals surface area contributed by atoms with Crippen LogP contribution in [0.15, 0.2) is 30.5 Å². The van der Waals surface area contributed by atoms with E-state index in [9.17, 15) is 5.11 Å². The van der Waals surface area contributed by atoms with Crippen molar-refractivity contribution in [2.75, 3.05) is 7.05 Å². The Labute approximate surface area is 112 Å². The largest absolute Gasteiger partial charge is 0.508 e. The van der Waals surface area contributed by atoms with Crippen LogP contribution in [0.1, 0.15) is 30.1 Å². The Kier molecular flexibility index (Phi) is 3.17. The van der Waals surface area contributed by atoms with E-state index in [2.05, 4.69) is 15.3 Å². The fraction of sp³-hybridized carbons (Fsp3) is 0.333. The Balaban J connectivity index is 1.99. The number of hydrogen-bond donors (Lipinski definition) is 2. The summed E-state index contributed by atoms with van der Waals surface area (Å²) in [5.74, 6) is 0.993. The number of phenols is 1. The topological polar surface area (TPSA) is 58.0 Å². The van der Waals surface area contributed by atoms with Crippen molar-refractivity contribution in [3.05, 3.63) is 41.7 Å². The van der Waals surface area contributed by atoms with E-state index in [-0.39, 0.29) is 5.75 Å². The first-order valence-electron chi connectivity index (χ1n) is 6.60. The fourth-order valence-corrected chi connectivity index (χ4v) is 2.60. The van der Waals surface area contributed by atoms with Crippen LogP contribution >= 0.6 is 0 Å². The molecule has 2 aromatic rings. The second-order valence-electron chi connectivity index (χ2n) is 4.88. The van der Waals surface area contributed by atoms with Gasteiger partial charge >= 0.3 is 0 Å². The van der Waals surface area contributed by atoms with Crippen molar-refractivity contribution in [1.82, 2.24) is 15.3 Å². The normalized spacial score (nSPS) is 18.1. The van der Waals surface area contributed by atoms with Crippen LogP contribution in [0.5, 0.6) is 5.75 Å². The molecule has 1 heterocycles. The number of aromatic nitrogens is 2. The maximum absolute atomic E-state index is 9.31. The number of benzene rings is 1. The smallest absolute Gasteiger partial charge is 0.159 e. The molecule has 1 aromatic heterocycles. The lowest BCUT2D eigenvalue weighted by Gasteiger charge is -2.24. The van der Waals surface area contributed by atoms with Gasteiger partial charge in [0.05, 0.1) is 0 Å². The number of fused-ring (bicyclic) bond motifs is 1. The molecule has 0 amide bonds. The van der Waals surface area contributed by atoms with Crippen LogP contribution in [-0.4, -0.2) is 22.1 Å². The van der Waals surface area contributed by atoms with Crippen molar-refractivity contribution in [2.45, 2.75) is 25.3 Å². The molecular formula is C15H17N3O. The highest BCUT2D eigenvalue weighted by molar-refractivity contribution is 5.56. The van der Waals surface area contributed by atoms with E-state index in [1.54, 1.807) is 12.1 Å². The molecule has 0 bridgehead atoms. The first-order valence-corrected chi connectivity index (χ1v) is 6.60. The van der Waals surface area contributed by atoms with Crippen molar-refractivity contribution in [2.24, 2.45) is 0 Å². The molecule has 3 rings (SSSR count). The Hall–Kier alpha value is -1.94. The number of rotatable bonds is 2. The zero-order chi connectivity index (χ0) is 13.2. The molecule has 1 atom stereocenters. The minimum atomic E-state index is 0.261. The average Bonchev–Trinajstić information content (AvgIpc) is 2.47. The predicted octanol–water partition coefficient (Wildman–Crippen LogP) is 2.45. The third-order valence-electron chi connectivity index (χ3n) is 3.66. The van der Waals surface area contributed by atoms with Crippen molar-refractivity contribution >= 4 is 0 Å². The molecule has 1 aliphatic carbocycles. The van der Waals surface area contributed by atoms with Crippen LogP contribution in [0.3, 0.4) is 0 Å². The summed E-state index contributed by atoms with van der Waals surface area (Å²) in [6.07, 6.45) is 5.25. The average molecular weight is 255 g/mol. The highest BCUT2D eigenvalue weighted by Crippen LogP contribution is 2.29. The van der Waals surface area contributed by atoms with Gasteiger partial charge in [0.1, 0.15) is 5.75 Å². The van der Waals surface area contributed by atoms with Gasteiger partial charge in [0.15, 0.2) is 5.82 Å². The highest BCUT2D eigenvalue weighted by Gasteiger charge is 2.20. The zero-order valence-corrected chi connectivity index (χ0v) is 10.9. The highest BCUT2D eigenvalue weighted by atomic mass is 16.3. The van der Waals surface area contributed by atoms with Gasteiger partial charge in [0.2, 0.25) is 0 Å². The fourth-order valence-electron chi connectivity index (χ4n) is 2.60. The molecule has 0 aliphatic heterocycles. The van der Waals surface area contributed by atoms with Gasteiger partial charge in [0, 0.05) is 29.1 Å². The molecule has 98 valence electrons. The van der Waals surface area contributed by atoms with Gasteiger partial charge < -0.3 is 10.4 Å². The number of phenolic OH excluding ortho intramolecular Hbond substituents is 1. The molecule has 4 heteroatoms. The molecule has 1 unspecified atom stereocenters. The molecule has 1 aromatic carbocycles. The summed E-state index contributed by atoms with van der Waals surface area (Å²) < 4.78 is 0. The third-order valence-corrected chi connectivity index (χ3v) is 3.66. The lowest BCUT2D eigenvalue weighted by Crippen LogP contribution is -2.22. The predicted molar refractivity (Wildman–Crippen MR) is 73.9 cm³/mol. The number of nitrogens with one attached hydrogen (secondary N) is 1. The summed E-state index contributed by atoms with van der Waals surface area (Å²) in [5.41, 5.74) is 3.30. The van der Waals surface area contributed by atoms with E-state index in [0.717, 1.165) is 36.3 Å². The van der Waals surface area contributed by atoms with E-state index in [1.165, 1.54) is 5.56 Å². The molecule has 19 heavy (non-hydrogen) atoms.